The maximum absolute atomic E-state index is 12.2. The van der Waals surface area contributed by atoms with Gasteiger partial charge in [0.25, 0.3) is 0 Å². The molecule has 96 valence electrons. The highest BCUT2D eigenvalue weighted by Crippen LogP contribution is 2.24. The Morgan fingerprint density at radius 1 is 1.24 bits per heavy atom. The summed E-state index contributed by atoms with van der Waals surface area (Å²) in [5, 5.41) is 5.66. The van der Waals surface area contributed by atoms with Crippen LogP contribution >= 0.6 is 0 Å². The summed E-state index contributed by atoms with van der Waals surface area (Å²) in [4.78, 5) is 27.0. The van der Waals surface area contributed by atoms with Crippen molar-refractivity contribution in [1.82, 2.24) is 20.4 Å². The van der Waals surface area contributed by atoms with E-state index in [1.807, 2.05) is 0 Å². The van der Waals surface area contributed by atoms with Gasteiger partial charge in [0.2, 0.25) is 0 Å². The lowest BCUT2D eigenvalue weighted by Gasteiger charge is -2.42. The number of hydrogen-bond acceptors (Lipinski definition) is 3. The van der Waals surface area contributed by atoms with E-state index in [1.165, 1.54) is 16.2 Å². The number of imide groups is 1. The van der Waals surface area contributed by atoms with Gasteiger partial charge in [0.15, 0.2) is 6.29 Å². The number of hydrogen-bond donors (Lipinski definition) is 2. The fourth-order valence-corrected chi connectivity index (χ4v) is 2.58. The lowest BCUT2D eigenvalue weighted by molar-refractivity contribution is 0.0852. The van der Waals surface area contributed by atoms with E-state index >= 15 is 0 Å². The molecule has 2 fully saturated rings. The average Bonchev–Trinajstić information content (AvgIpc) is 2.35. The van der Waals surface area contributed by atoms with Crippen molar-refractivity contribution < 1.29 is 9.59 Å². The lowest BCUT2D eigenvalue weighted by atomic mass is 9.94. The zero-order chi connectivity index (χ0) is 12.4. The van der Waals surface area contributed by atoms with Crippen LogP contribution in [0.1, 0.15) is 32.1 Å². The van der Waals surface area contributed by atoms with Gasteiger partial charge in [0.05, 0.1) is 0 Å². The minimum Gasteiger partial charge on any atom is -0.304 e. The van der Waals surface area contributed by atoms with Crippen LogP contribution in [0.4, 0.5) is 9.59 Å². The van der Waals surface area contributed by atoms with E-state index in [4.69, 9.17) is 0 Å². The lowest BCUT2D eigenvalue weighted by Crippen LogP contribution is -2.69. The van der Waals surface area contributed by atoms with E-state index in [-0.39, 0.29) is 18.1 Å². The molecule has 0 radical (unpaired) electrons. The highest BCUT2D eigenvalue weighted by molar-refractivity contribution is 5.96. The van der Waals surface area contributed by atoms with Gasteiger partial charge >= 0.3 is 12.1 Å². The zero-order valence-corrected chi connectivity index (χ0v) is 10.4. The van der Waals surface area contributed by atoms with Gasteiger partial charge in [-0.25, -0.2) is 14.5 Å². The number of rotatable bonds is 2. The predicted octanol–water partition coefficient (Wildman–Crippen LogP) is 0.899. The van der Waals surface area contributed by atoms with Crippen molar-refractivity contribution in [2.45, 2.75) is 44.4 Å². The Bertz CT molecular complexity index is 315. The second-order valence-corrected chi connectivity index (χ2v) is 4.70. The van der Waals surface area contributed by atoms with E-state index in [9.17, 15) is 9.59 Å². The molecule has 0 aromatic carbocycles. The van der Waals surface area contributed by atoms with Gasteiger partial charge < -0.3 is 5.32 Å². The van der Waals surface area contributed by atoms with Crippen molar-refractivity contribution >= 4 is 12.1 Å². The minimum absolute atomic E-state index is 0.0662. The van der Waals surface area contributed by atoms with Crippen LogP contribution in [0.25, 0.3) is 0 Å². The molecule has 0 aromatic rings. The minimum atomic E-state index is -0.408. The first-order valence-electron chi connectivity index (χ1n) is 6.19. The number of nitrogens with one attached hydrogen (secondary N) is 2. The first-order chi connectivity index (χ1) is 8.15. The Morgan fingerprint density at radius 2 is 1.88 bits per heavy atom. The Hall–Kier alpha value is -1.30. The van der Waals surface area contributed by atoms with Crippen molar-refractivity contribution in [3.05, 3.63) is 0 Å². The number of nitrogens with zero attached hydrogens (tertiary/aromatic N) is 2. The molecule has 1 atom stereocenters. The number of amides is 4. The summed E-state index contributed by atoms with van der Waals surface area (Å²) in [5.74, 6) is 0. The molecule has 6 nitrogen and oxygen atoms in total. The van der Waals surface area contributed by atoms with Crippen LogP contribution in [-0.2, 0) is 0 Å². The molecule has 0 spiro atoms. The largest absolute Gasteiger partial charge is 0.330 e. The van der Waals surface area contributed by atoms with Gasteiger partial charge in [-0.05, 0) is 19.9 Å². The topological polar surface area (TPSA) is 64.7 Å². The summed E-state index contributed by atoms with van der Waals surface area (Å²) >= 11 is 0. The molecule has 2 aliphatic rings. The highest BCUT2D eigenvalue weighted by atomic mass is 16.2. The standard InChI is InChI=1S/C11H20N4O2/c1-12-9-13-10(16)15(11(17)14(9)2)8-6-4-3-5-7-8/h8-9,12H,3-7H2,1-2H3,(H,13,16). The molecule has 6 heteroatoms. The van der Waals surface area contributed by atoms with Gasteiger partial charge in [-0.2, -0.15) is 0 Å². The fourth-order valence-electron chi connectivity index (χ4n) is 2.58. The molecule has 1 saturated heterocycles. The van der Waals surface area contributed by atoms with E-state index in [2.05, 4.69) is 10.6 Å². The Kier molecular flexibility index (Phi) is 3.51. The second-order valence-electron chi connectivity index (χ2n) is 4.70. The molecule has 2 N–H and O–H groups in total. The summed E-state index contributed by atoms with van der Waals surface area (Å²) in [6, 6.07) is -0.421. The molecule has 1 heterocycles. The van der Waals surface area contributed by atoms with Gasteiger partial charge in [-0.3, -0.25) is 10.2 Å². The van der Waals surface area contributed by atoms with E-state index in [0.717, 1.165) is 25.7 Å². The van der Waals surface area contributed by atoms with Crippen molar-refractivity contribution in [3.8, 4) is 0 Å². The zero-order valence-electron chi connectivity index (χ0n) is 10.4. The Morgan fingerprint density at radius 3 is 2.47 bits per heavy atom. The number of carbonyl (C=O) groups excluding carboxylic acids is 2. The van der Waals surface area contributed by atoms with Gasteiger partial charge in [-0.1, -0.05) is 19.3 Å². The molecule has 4 amide bonds. The number of urea groups is 2. The maximum Gasteiger partial charge on any atom is 0.330 e. The third-order valence-corrected chi connectivity index (χ3v) is 3.59. The summed E-state index contributed by atoms with van der Waals surface area (Å²) in [5.41, 5.74) is 0. The molecule has 1 aliphatic carbocycles. The monoisotopic (exact) mass is 240 g/mol. The molecule has 0 aromatic heterocycles. The summed E-state index contributed by atoms with van der Waals surface area (Å²) < 4.78 is 0. The summed E-state index contributed by atoms with van der Waals surface area (Å²) in [7, 11) is 3.41. The van der Waals surface area contributed by atoms with Gasteiger partial charge in [-0.15, -0.1) is 0 Å². The van der Waals surface area contributed by atoms with E-state index in [1.54, 1.807) is 14.1 Å². The summed E-state index contributed by atoms with van der Waals surface area (Å²) in [6.07, 6.45) is 4.85. The molecule has 0 bridgehead atoms. The Balaban J connectivity index is 2.11. The SMILES string of the molecule is CNC1NC(=O)N(C2CCCCC2)C(=O)N1C. The Labute approximate surface area is 101 Å². The normalized spacial score (nSPS) is 27.3. The van der Waals surface area contributed by atoms with Crippen molar-refractivity contribution in [1.29, 1.82) is 0 Å². The maximum atomic E-state index is 12.2. The molecular formula is C11H20N4O2. The highest BCUT2D eigenvalue weighted by Gasteiger charge is 2.39. The quantitative estimate of drug-likeness (QED) is 0.753. The van der Waals surface area contributed by atoms with Crippen LogP contribution in [0, 0.1) is 0 Å². The molecular weight excluding hydrogens is 220 g/mol. The first-order valence-corrected chi connectivity index (χ1v) is 6.19. The predicted molar refractivity (Wildman–Crippen MR) is 63.3 cm³/mol. The molecule has 1 saturated carbocycles. The van der Waals surface area contributed by atoms with Crippen LogP contribution in [-0.4, -0.2) is 48.3 Å². The van der Waals surface area contributed by atoms with Crippen molar-refractivity contribution in [2.24, 2.45) is 0 Å². The van der Waals surface area contributed by atoms with Crippen LogP contribution in [0.15, 0.2) is 0 Å². The van der Waals surface area contributed by atoms with Crippen molar-refractivity contribution in [3.63, 3.8) is 0 Å². The van der Waals surface area contributed by atoms with Crippen molar-refractivity contribution in [2.75, 3.05) is 14.1 Å². The van der Waals surface area contributed by atoms with Gasteiger partial charge in [0.1, 0.15) is 0 Å². The fraction of sp³-hybridized carbons (Fsp3) is 0.818. The van der Waals surface area contributed by atoms with Crippen LogP contribution in [0.5, 0.6) is 0 Å². The second kappa shape index (κ2) is 4.91. The smallest absolute Gasteiger partial charge is 0.304 e. The van der Waals surface area contributed by atoms with Crippen LogP contribution < -0.4 is 10.6 Å². The third kappa shape index (κ3) is 2.22. The summed E-state index contributed by atoms with van der Waals surface area (Å²) in [6.45, 7) is 0. The molecule has 17 heavy (non-hydrogen) atoms. The van der Waals surface area contributed by atoms with Crippen LogP contribution in [0.2, 0.25) is 0 Å². The molecule has 1 aliphatic heterocycles. The third-order valence-electron chi connectivity index (χ3n) is 3.59. The molecule has 2 rings (SSSR count). The first kappa shape index (κ1) is 12.2. The molecule has 1 unspecified atom stereocenters. The average molecular weight is 240 g/mol. The van der Waals surface area contributed by atoms with Crippen LogP contribution in [0.3, 0.4) is 0 Å². The number of carbonyl (C=O) groups is 2. The van der Waals surface area contributed by atoms with Gasteiger partial charge in [0, 0.05) is 13.1 Å². The van der Waals surface area contributed by atoms with E-state index < -0.39 is 6.29 Å². The van der Waals surface area contributed by atoms with E-state index in [0.29, 0.717) is 0 Å².